The van der Waals surface area contributed by atoms with Gasteiger partial charge < -0.3 is 0 Å². The Hall–Kier alpha value is -3.12. The Morgan fingerprint density at radius 3 is 1.00 bits per heavy atom. The van der Waals surface area contributed by atoms with E-state index in [1.165, 1.54) is 33.4 Å². The first kappa shape index (κ1) is 20.2. The van der Waals surface area contributed by atoms with Gasteiger partial charge in [-0.2, -0.15) is 0 Å². The van der Waals surface area contributed by atoms with Crippen molar-refractivity contribution in [3.63, 3.8) is 0 Å². The molecule has 0 bridgehead atoms. The van der Waals surface area contributed by atoms with Crippen LogP contribution in [-0.2, 0) is 0 Å². The predicted octanol–water partition coefficient (Wildman–Crippen LogP) is 8.44. The molecule has 0 amide bonds. The molecule has 30 heavy (non-hydrogen) atoms. The maximum Gasteiger partial charge on any atom is 0.00867 e. The highest BCUT2D eigenvalue weighted by Gasteiger charge is 2.13. The molecule has 0 saturated heterocycles. The van der Waals surface area contributed by atoms with Gasteiger partial charge in [0.1, 0.15) is 0 Å². The summed E-state index contributed by atoms with van der Waals surface area (Å²) >= 11 is 0. The maximum absolute atomic E-state index is 2.29. The van der Waals surface area contributed by atoms with E-state index in [9.17, 15) is 0 Å². The minimum absolute atomic E-state index is 0.457. The predicted molar refractivity (Wildman–Crippen MR) is 129 cm³/mol. The molecule has 2 unspecified atom stereocenters. The number of benzene rings is 4. The molecule has 0 aliphatic carbocycles. The van der Waals surface area contributed by atoms with Crippen molar-refractivity contribution in [2.75, 3.05) is 0 Å². The van der Waals surface area contributed by atoms with Gasteiger partial charge in [0.15, 0.2) is 0 Å². The molecule has 0 N–H and O–H groups in total. The Kier molecular flexibility index (Phi) is 6.44. The molecule has 0 aliphatic rings. The topological polar surface area (TPSA) is 0 Å². The summed E-state index contributed by atoms with van der Waals surface area (Å²) in [4.78, 5) is 0. The van der Waals surface area contributed by atoms with Gasteiger partial charge in [-0.25, -0.2) is 0 Å². The smallest absolute Gasteiger partial charge is 0.00867 e. The van der Waals surface area contributed by atoms with Crippen LogP contribution in [0.1, 0.15) is 60.8 Å². The van der Waals surface area contributed by atoms with Crippen molar-refractivity contribution in [2.24, 2.45) is 0 Å². The molecule has 4 aromatic carbocycles. The van der Waals surface area contributed by atoms with Crippen molar-refractivity contribution in [1.82, 2.24) is 0 Å². The Morgan fingerprint density at radius 1 is 0.400 bits per heavy atom. The van der Waals surface area contributed by atoms with Gasteiger partial charge in [-0.15, -0.1) is 0 Å². The third kappa shape index (κ3) is 4.39. The molecule has 0 spiro atoms. The van der Waals surface area contributed by atoms with E-state index in [0.29, 0.717) is 11.8 Å². The van der Waals surface area contributed by atoms with Crippen LogP contribution in [0.5, 0.6) is 0 Å². The summed E-state index contributed by atoms with van der Waals surface area (Å²) in [6, 6.07) is 39.9. The van der Waals surface area contributed by atoms with E-state index in [0.717, 1.165) is 12.8 Å². The average molecular weight is 391 g/mol. The SMILES string of the molecule is CCC(c1ccccc1)c1ccc(-c2ccc(C(CC)c3ccccc3)cc2)cc1. The van der Waals surface area contributed by atoms with Crippen LogP contribution in [0, 0.1) is 0 Å². The van der Waals surface area contributed by atoms with Gasteiger partial charge in [-0.05, 0) is 46.2 Å². The van der Waals surface area contributed by atoms with Crippen molar-refractivity contribution in [1.29, 1.82) is 0 Å². The van der Waals surface area contributed by atoms with Crippen molar-refractivity contribution < 1.29 is 0 Å². The monoisotopic (exact) mass is 390 g/mol. The van der Waals surface area contributed by atoms with Crippen molar-refractivity contribution >= 4 is 0 Å². The molecule has 0 fully saturated rings. The summed E-state index contributed by atoms with van der Waals surface area (Å²) in [6.45, 7) is 4.53. The minimum Gasteiger partial charge on any atom is -0.0645 e. The maximum atomic E-state index is 2.29. The summed E-state index contributed by atoms with van der Waals surface area (Å²) in [6.07, 6.45) is 2.21. The lowest BCUT2D eigenvalue weighted by Gasteiger charge is -2.17. The number of hydrogen-bond donors (Lipinski definition) is 0. The van der Waals surface area contributed by atoms with E-state index < -0.39 is 0 Å². The molecular weight excluding hydrogens is 360 g/mol. The van der Waals surface area contributed by atoms with Crippen LogP contribution < -0.4 is 0 Å². The van der Waals surface area contributed by atoms with Crippen LogP contribution in [0.3, 0.4) is 0 Å². The highest BCUT2D eigenvalue weighted by atomic mass is 14.2. The standard InChI is InChI=1S/C30H30/c1-3-29(25-11-7-5-8-12-25)27-19-15-23(16-20-27)24-17-21-28(22-18-24)30(4-2)26-13-9-6-10-14-26/h5-22,29-30H,3-4H2,1-2H3. The highest BCUT2D eigenvalue weighted by molar-refractivity contribution is 5.64. The Balaban J connectivity index is 1.55. The minimum atomic E-state index is 0.457. The molecule has 4 rings (SSSR count). The van der Waals surface area contributed by atoms with Gasteiger partial charge in [0.25, 0.3) is 0 Å². The number of rotatable bonds is 7. The molecule has 0 nitrogen and oxygen atoms in total. The molecular formula is C30H30. The summed E-state index contributed by atoms with van der Waals surface area (Å²) in [5, 5.41) is 0. The fraction of sp³-hybridized carbons (Fsp3) is 0.200. The van der Waals surface area contributed by atoms with E-state index in [1.54, 1.807) is 0 Å². The molecule has 150 valence electrons. The molecule has 0 heteroatoms. The van der Waals surface area contributed by atoms with E-state index in [4.69, 9.17) is 0 Å². The first-order valence-electron chi connectivity index (χ1n) is 11.1. The lowest BCUT2D eigenvalue weighted by atomic mass is 9.87. The van der Waals surface area contributed by atoms with Crippen molar-refractivity contribution in [3.8, 4) is 11.1 Å². The second-order valence-electron chi connectivity index (χ2n) is 7.99. The van der Waals surface area contributed by atoms with Gasteiger partial charge >= 0.3 is 0 Å². The zero-order valence-corrected chi connectivity index (χ0v) is 18.0. The van der Waals surface area contributed by atoms with Crippen molar-refractivity contribution in [2.45, 2.75) is 38.5 Å². The Labute approximate surface area is 181 Å². The van der Waals surface area contributed by atoms with Gasteiger partial charge in [-0.1, -0.05) is 123 Å². The number of hydrogen-bond acceptors (Lipinski definition) is 0. The van der Waals surface area contributed by atoms with Crippen LogP contribution in [0.4, 0.5) is 0 Å². The highest BCUT2D eigenvalue weighted by Crippen LogP contribution is 2.32. The molecule has 0 aliphatic heterocycles. The normalized spacial score (nSPS) is 13.0. The summed E-state index contributed by atoms with van der Waals surface area (Å²) < 4.78 is 0. The van der Waals surface area contributed by atoms with Crippen LogP contribution in [-0.4, -0.2) is 0 Å². The van der Waals surface area contributed by atoms with E-state index in [2.05, 4.69) is 123 Å². The van der Waals surface area contributed by atoms with E-state index >= 15 is 0 Å². The first-order valence-corrected chi connectivity index (χ1v) is 11.1. The molecule has 4 aromatic rings. The molecule has 0 heterocycles. The van der Waals surface area contributed by atoms with Gasteiger partial charge in [0.05, 0.1) is 0 Å². The first-order chi connectivity index (χ1) is 14.8. The molecule has 0 radical (unpaired) electrons. The zero-order valence-electron chi connectivity index (χ0n) is 18.0. The van der Waals surface area contributed by atoms with Crippen LogP contribution in [0.25, 0.3) is 11.1 Å². The second kappa shape index (κ2) is 9.59. The fourth-order valence-electron chi connectivity index (χ4n) is 4.51. The lowest BCUT2D eigenvalue weighted by Crippen LogP contribution is -2.00. The third-order valence-electron chi connectivity index (χ3n) is 6.18. The Morgan fingerprint density at radius 2 is 0.700 bits per heavy atom. The zero-order chi connectivity index (χ0) is 20.8. The van der Waals surface area contributed by atoms with E-state index in [-0.39, 0.29) is 0 Å². The summed E-state index contributed by atoms with van der Waals surface area (Å²) in [5.41, 5.74) is 8.12. The average Bonchev–Trinajstić information content (AvgIpc) is 2.82. The quantitative estimate of drug-likeness (QED) is 0.297. The summed E-state index contributed by atoms with van der Waals surface area (Å²) in [5.74, 6) is 0.914. The van der Waals surface area contributed by atoms with Crippen LogP contribution in [0.2, 0.25) is 0 Å². The second-order valence-corrected chi connectivity index (χ2v) is 7.99. The third-order valence-corrected chi connectivity index (χ3v) is 6.18. The fourth-order valence-corrected chi connectivity index (χ4v) is 4.51. The Bertz CT molecular complexity index is 940. The molecule has 2 atom stereocenters. The van der Waals surface area contributed by atoms with Crippen LogP contribution >= 0.6 is 0 Å². The molecule has 0 aromatic heterocycles. The largest absolute Gasteiger partial charge is 0.0645 e. The lowest BCUT2D eigenvalue weighted by molar-refractivity contribution is 0.777. The summed E-state index contributed by atoms with van der Waals surface area (Å²) in [7, 11) is 0. The molecule has 0 saturated carbocycles. The van der Waals surface area contributed by atoms with Gasteiger partial charge in [0.2, 0.25) is 0 Å². The van der Waals surface area contributed by atoms with Gasteiger partial charge in [-0.3, -0.25) is 0 Å². The van der Waals surface area contributed by atoms with Gasteiger partial charge in [0, 0.05) is 11.8 Å². The van der Waals surface area contributed by atoms with Crippen LogP contribution in [0.15, 0.2) is 109 Å². The van der Waals surface area contributed by atoms with Crippen molar-refractivity contribution in [3.05, 3.63) is 131 Å². The van der Waals surface area contributed by atoms with E-state index in [1.807, 2.05) is 0 Å².